The highest BCUT2D eigenvalue weighted by Crippen LogP contribution is 2.34. The Morgan fingerprint density at radius 1 is 0.857 bits per heavy atom. The summed E-state index contributed by atoms with van der Waals surface area (Å²) in [5.74, 6) is -1.43. The molecule has 0 spiro atoms. The molecule has 0 unspecified atom stereocenters. The number of amides is 3. The van der Waals surface area contributed by atoms with E-state index >= 15 is 0 Å². The first kappa shape index (κ1) is 18.2. The molecule has 0 aromatic heterocycles. The van der Waals surface area contributed by atoms with Crippen molar-refractivity contribution in [2.75, 3.05) is 6.54 Å². The molecule has 1 saturated heterocycles. The van der Waals surface area contributed by atoms with E-state index in [1.165, 1.54) is 0 Å². The molecule has 0 bridgehead atoms. The highest BCUT2D eigenvalue weighted by molar-refractivity contribution is 6.07. The fourth-order valence-corrected chi connectivity index (χ4v) is 4.03. The molecule has 5 heteroatoms. The maximum Gasteiger partial charge on any atom is 0.240 e. The lowest BCUT2D eigenvalue weighted by Crippen LogP contribution is -2.42. The molecule has 1 aliphatic carbocycles. The average Bonchev–Trinajstić information content (AvgIpc) is 2.98. The lowest BCUT2D eigenvalue weighted by atomic mass is 9.85. The molecule has 1 aliphatic heterocycles. The molecule has 0 saturated carbocycles. The van der Waals surface area contributed by atoms with Gasteiger partial charge in [-0.05, 0) is 24.0 Å². The predicted molar refractivity (Wildman–Crippen MR) is 105 cm³/mol. The number of carbonyl (C=O) groups is 3. The standard InChI is InChI=1S/C23H22N2O3/c26-20(15-25-22(27)18-13-7-8-14-19(18)23(25)28)24-21(16-9-3-1-4-10-16)17-11-5-2-6-12-17/h1-12,18-19,21H,13-15H2,(H,24,26)/t18-,19-/m1/s1. The summed E-state index contributed by atoms with van der Waals surface area (Å²) in [7, 11) is 0. The predicted octanol–water partition coefficient (Wildman–Crippen LogP) is 2.84. The van der Waals surface area contributed by atoms with Crippen LogP contribution in [0, 0.1) is 11.8 Å². The number of rotatable bonds is 5. The molecule has 1 heterocycles. The monoisotopic (exact) mass is 374 g/mol. The van der Waals surface area contributed by atoms with Crippen LogP contribution in [0.2, 0.25) is 0 Å². The van der Waals surface area contributed by atoms with E-state index in [4.69, 9.17) is 0 Å². The Labute approximate surface area is 164 Å². The normalized spacial score (nSPS) is 21.1. The van der Waals surface area contributed by atoms with Crippen LogP contribution in [-0.4, -0.2) is 29.2 Å². The maximum absolute atomic E-state index is 12.8. The molecule has 3 amide bonds. The first-order valence-electron chi connectivity index (χ1n) is 9.54. The van der Waals surface area contributed by atoms with Crippen molar-refractivity contribution in [1.29, 1.82) is 0 Å². The highest BCUT2D eigenvalue weighted by atomic mass is 16.2. The Kier molecular flexibility index (Phi) is 5.06. The number of carbonyl (C=O) groups excluding carboxylic acids is 3. The minimum Gasteiger partial charge on any atom is -0.344 e. The number of hydrogen-bond acceptors (Lipinski definition) is 3. The summed E-state index contributed by atoms with van der Waals surface area (Å²) in [5, 5.41) is 3.00. The van der Waals surface area contributed by atoms with Crippen LogP contribution < -0.4 is 5.32 Å². The van der Waals surface area contributed by atoms with E-state index in [0.717, 1.165) is 16.0 Å². The summed E-state index contributed by atoms with van der Waals surface area (Å²) in [5.41, 5.74) is 1.89. The summed E-state index contributed by atoms with van der Waals surface area (Å²) in [4.78, 5) is 39.1. The number of hydrogen-bond donors (Lipinski definition) is 1. The summed E-state index contributed by atoms with van der Waals surface area (Å²) in [6.45, 7) is -0.235. The second kappa shape index (κ2) is 7.80. The van der Waals surface area contributed by atoms with Crippen LogP contribution in [0.25, 0.3) is 0 Å². The van der Waals surface area contributed by atoms with Gasteiger partial charge < -0.3 is 5.32 Å². The fourth-order valence-electron chi connectivity index (χ4n) is 4.03. The molecule has 1 N–H and O–H groups in total. The zero-order valence-electron chi connectivity index (χ0n) is 15.5. The van der Waals surface area contributed by atoms with Crippen LogP contribution in [0.1, 0.15) is 30.0 Å². The van der Waals surface area contributed by atoms with Gasteiger partial charge in [0, 0.05) is 0 Å². The molecule has 142 valence electrons. The van der Waals surface area contributed by atoms with Crippen molar-refractivity contribution in [3.63, 3.8) is 0 Å². The topological polar surface area (TPSA) is 66.5 Å². The smallest absolute Gasteiger partial charge is 0.240 e. The van der Waals surface area contributed by atoms with Crippen LogP contribution in [0.4, 0.5) is 0 Å². The van der Waals surface area contributed by atoms with Crippen molar-refractivity contribution >= 4 is 17.7 Å². The summed E-state index contributed by atoms with van der Waals surface area (Å²) < 4.78 is 0. The van der Waals surface area contributed by atoms with Gasteiger partial charge in [-0.1, -0.05) is 72.8 Å². The van der Waals surface area contributed by atoms with Gasteiger partial charge in [-0.15, -0.1) is 0 Å². The highest BCUT2D eigenvalue weighted by Gasteiger charge is 2.47. The number of fused-ring (bicyclic) bond motifs is 1. The Morgan fingerprint density at radius 3 is 1.79 bits per heavy atom. The summed E-state index contributed by atoms with van der Waals surface area (Å²) in [6.07, 6.45) is 5.03. The quantitative estimate of drug-likeness (QED) is 0.646. The minimum absolute atomic E-state index is 0.231. The van der Waals surface area contributed by atoms with Gasteiger partial charge in [-0.2, -0.15) is 0 Å². The van der Waals surface area contributed by atoms with Crippen LogP contribution in [0.15, 0.2) is 72.8 Å². The van der Waals surface area contributed by atoms with Crippen molar-refractivity contribution in [3.8, 4) is 0 Å². The third-order valence-corrected chi connectivity index (χ3v) is 5.47. The van der Waals surface area contributed by atoms with Gasteiger partial charge in [-0.3, -0.25) is 19.3 Å². The second-order valence-corrected chi connectivity index (χ2v) is 7.24. The molecule has 28 heavy (non-hydrogen) atoms. The average molecular weight is 374 g/mol. The van der Waals surface area contributed by atoms with Gasteiger partial charge in [0.25, 0.3) is 0 Å². The third-order valence-electron chi connectivity index (χ3n) is 5.47. The Hall–Kier alpha value is -3.21. The Bertz CT molecular complexity index is 842. The van der Waals surface area contributed by atoms with Crippen molar-refractivity contribution in [2.45, 2.75) is 18.9 Å². The van der Waals surface area contributed by atoms with Gasteiger partial charge in [0.05, 0.1) is 17.9 Å². The third kappa shape index (κ3) is 3.48. The van der Waals surface area contributed by atoms with E-state index in [9.17, 15) is 14.4 Å². The van der Waals surface area contributed by atoms with Gasteiger partial charge in [0.1, 0.15) is 6.54 Å². The molecule has 2 aromatic carbocycles. The first-order valence-corrected chi connectivity index (χ1v) is 9.54. The van der Waals surface area contributed by atoms with E-state index in [1.807, 2.05) is 72.8 Å². The number of imide groups is 1. The largest absolute Gasteiger partial charge is 0.344 e. The number of likely N-dealkylation sites (tertiary alicyclic amines) is 1. The van der Waals surface area contributed by atoms with Crippen molar-refractivity contribution in [2.24, 2.45) is 11.8 Å². The summed E-state index contributed by atoms with van der Waals surface area (Å²) in [6, 6.07) is 19.0. The van der Waals surface area contributed by atoms with Crippen LogP contribution in [-0.2, 0) is 14.4 Å². The van der Waals surface area contributed by atoms with Gasteiger partial charge >= 0.3 is 0 Å². The van der Waals surface area contributed by atoms with Gasteiger partial charge in [0.15, 0.2) is 0 Å². The molecular weight excluding hydrogens is 352 g/mol. The van der Waals surface area contributed by atoms with E-state index in [-0.39, 0.29) is 42.1 Å². The first-order chi connectivity index (χ1) is 13.6. The lowest BCUT2D eigenvalue weighted by molar-refractivity contribution is -0.143. The summed E-state index contributed by atoms with van der Waals surface area (Å²) >= 11 is 0. The van der Waals surface area contributed by atoms with E-state index in [1.54, 1.807) is 0 Å². The molecule has 5 nitrogen and oxygen atoms in total. The number of nitrogens with one attached hydrogen (secondary N) is 1. The van der Waals surface area contributed by atoms with Crippen molar-refractivity contribution in [1.82, 2.24) is 10.2 Å². The molecule has 4 rings (SSSR count). The minimum atomic E-state index is -0.342. The number of benzene rings is 2. The lowest BCUT2D eigenvalue weighted by Gasteiger charge is -2.22. The van der Waals surface area contributed by atoms with Gasteiger partial charge in [0.2, 0.25) is 17.7 Å². The van der Waals surface area contributed by atoms with Crippen LogP contribution >= 0.6 is 0 Å². The zero-order valence-corrected chi connectivity index (χ0v) is 15.5. The Morgan fingerprint density at radius 2 is 1.32 bits per heavy atom. The number of allylic oxidation sites excluding steroid dienone is 2. The van der Waals surface area contributed by atoms with Crippen LogP contribution in [0.3, 0.4) is 0 Å². The van der Waals surface area contributed by atoms with E-state index < -0.39 is 0 Å². The maximum atomic E-state index is 12.8. The molecular formula is C23H22N2O3. The SMILES string of the molecule is O=C(CN1C(=O)[C@@H]2CC=CC[C@H]2C1=O)NC(c1ccccc1)c1ccccc1. The fraction of sp³-hybridized carbons (Fsp3) is 0.261. The molecule has 2 aromatic rings. The van der Waals surface area contributed by atoms with E-state index in [0.29, 0.717) is 12.8 Å². The number of nitrogens with zero attached hydrogens (tertiary/aromatic N) is 1. The molecule has 2 aliphatic rings. The van der Waals surface area contributed by atoms with Crippen molar-refractivity contribution < 1.29 is 14.4 Å². The zero-order chi connectivity index (χ0) is 19.5. The molecule has 1 fully saturated rings. The van der Waals surface area contributed by atoms with Gasteiger partial charge in [-0.25, -0.2) is 0 Å². The van der Waals surface area contributed by atoms with E-state index in [2.05, 4.69) is 5.32 Å². The van der Waals surface area contributed by atoms with Crippen molar-refractivity contribution in [3.05, 3.63) is 83.9 Å². The Balaban J connectivity index is 1.51. The van der Waals surface area contributed by atoms with Crippen LogP contribution in [0.5, 0.6) is 0 Å². The molecule has 2 atom stereocenters. The molecule has 0 radical (unpaired) electrons. The second-order valence-electron chi connectivity index (χ2n) is 7.24.